The number of benzene rings is 1. The van der Waals surface area contributed by atoms with Crippen molar-refractivity contribution in [1.29, 1.82) is 0 Å². The summed E-state index contributed by atoms with van der Waals surface area (Å²) in [6, 6.07) is 7.26. The van der Waals surface area contributed by atoms with Gasteiger partial charge in [0, 0.05) is 21.8 Å². The van der Waals surface area contributed by atoms with E-state index in [9.17, 15) is 4.79 Å². The van der Waals surface area contributed by atoms with Crippen LogP contribution in [0.3, 0.4) is 0 Å². The number of halogens is 1. The van der Waals surface area contributed by atoms with E-state index in [1.165, 1.54) is 0 Å². The Hall–Kier alpha value is -1.68. The fraction of sp³-hybridized carbons (Fsp3) is 0.143. The summed E-state index contributed by atoms with van der Waals surface area (Å²) in [5, 5.41) is 0. The van der Waals surface area contributed by atoms with Gasteiger partial charge in [0.05, 0.1) is 13.3 Å². The zero-order chi connectivity index (χ0) is 13.1. The van der Waals surface area contributed by atoms with E-state index in [4.69, 9.17) is 4.74 Å². The van der Waals surface area contributed by atoms with Crippen LogP contribution in [0.4, 0.5) is 0 Å². The van der Waals surface area contributed by atoms with Gasteiger partial charge in [-0.1, -0.05) is 28.1 Å². The zero-order valence-electron chi connectivity index (χ0n) is 10.1. The van der Waals surface area contributed by atoms with Gasteiger partial charge in [-0.2, -0.15) is 0 Å². The molecule has 0 unspecified atom stereocenters. The Bertz CT molecular complexity index is 596. The first-order valence-corrected chi connectivity index (χ1v) is 6.21. The molecule has 92 valence electrons. The summed E-state index contributed by atoms with van der Waals surface area (Å²) in [6.07, 6.45) is 3.12. The molecule has 0 amide bonds. The molecule has 0 radical (unpaired) electrons. The summed E-state index contributed by atoms with van der Waals surface area (Å²) >= 11 is 3.42. The van der Waals surface area contributed by atoms with E-state index in [0.29, 0.717) is 16.9 Å². The van der Waals surface area contributed by atoms with Crippen LogP contribution in [0.15, 0.2) is 41.1 Å². The average molecular weight is 306 g/mol. The predicted molar refractivity (Wildman–Crippen MR) is 73.1 cm³/mol. The number of aromatic nitrogens is 1. The molecule has 4 heteroatoms. The highest BCUT2D eigenvalue weighted by Gasteiger charge is 2.14. The number of methoxy groups -OCH3 is 1. The van der Waals surface area contributed by atoms with E-state index in [1.807, 2.05) is 25.1 Å². The van der Waals surface area contributed by atoms with Gasteiger partial charge < -0.3 is 4.74 Å². The predicted octanol–water partition coefficient (Wildman–Crippen LogP) is 3.39. The second-order valence-electron chi connectivity index (χ2n) is 3.85. The Balaban J connectivity index is 2.44. The second-order valence-corrected chi connectivity index (χ2v) is 4.71. The van der Waals surface area contributed by atoms with Gasteiger partial charge in [-0.3, -0.25) is 9.78 Å². The number of ketones is 1. The van der Waals surface area contributed by atoms with Crippen molar-refractivity contribution in [2.45, 2.75) is 6.92 Å². The Morgan fingerprint density at radius 3 is 2.83 bits per heavy atom. The Morgan fingerprint density at radius 1 is 1.33 bits per heavy atom. The lowest BCUT2D eigenvalue weighted by atomic mass is 10.0. The standard InChI is InChI=1S/C14H12BrNO2/c1-9-12(4-3-5-13(9)15)14(17)10-6-11(18-2)8-16-7-10/h3-8H,1-2H3. The van der Waals surface area contributed by atoms with E-state index in [2.05, 4.69) is 20.9 Å². The second kappa shape index (κ2) is 5.31. The van der Waals surface area contributed by atoms with Crippen LogP contribution in [-0.2, 0) is 0 Å². The van der Waals surface area contributed by atoms with Crippen LogP contribution in [0.1, 0.15) is 21.5 Å². The van der Waals surface area contributed by atoms with Crippen LogP contribution in [-0.4, -0.2) is 17.9 Å². The first-order valence-electron chi connectivity index (χ1n) is 5.42. The van der Waals surface area contributed by atoms with Crippen LogP contribution < -0.4 is 4.74 Å². The number of hydrogen-bond donors (Lipinski definition) is 0. The molecule has 0 aliphatic heterocycles. The van der Waals surface area contributed by atoms with Crippen molar-refractivity contribution in [3.05, 3.63) is 57.8 Å². The van der Waals surface area contributed by atoms with Crippen molar-refractivity contribution in [1.82, 2.24) is 4.98 Å². The van der Waals surface area contributed by atoms with Gasteiger partial charge in [0.25, 0.3) is 0 Å². The molecule has 0 bridgehead atoms. The maximum absolute atomic E-state index is 12.4. The molecule has 0 spiro atoms. The van der Waals surface area contributed by atoms with E-state index in [-0.39, 0.29) is 5.78 Å². The normalized spacial score (nSPS) is 10.2. The maximum atomic E-state index is 12.4. The molecule has 1 aromatic heterocycles. The minimum Gasteiger partial charge on any atom is -0.495 e. The van der Waals surface area contributed by atoms with Gasteiger partial charge in [0.2, 0.25) is 0 Å². The van der Waals surface area contributed by atoms with Crippen LogP contribution in [0.5, 0.6) is 5.75 Å². The summed E-state index contributed by atoms with van der Waals surface area (Å²) in [4.78, 5) is 16.4. The molecule has 0 saturated carbocycles. The van der Waals surface area contributed by atoms with Crippen LogP contribution in [0.25, 0.3) is 0 Å². The number of hydrogen-bond acceptors (Lipinski definition) is 3. The highest BCUT2D eigenvalue weighted by molar-refractivity contribution is 9.10. The number of nitrogens with zero attached hydrogens (tertiary/aromatic N) is 1. The van der Waals surface area contributed by atoms with Crippen molar-refractivity contribution < 1.29 is 9.53 Å². The van der Waals surface area contributed by atoms with Crippen molar-refractivity contribution in [2.24, 2.45) is 0 Å². The fourth-order valence-electron chi connectivity index (χ4n) is 1.66. The average Bonchev–Trinajstić information content (AvgIpc) is 2.41. The van der Waals surface area contributed by atoms with E-state index in [0.717, 1.165) is 10.0 Å². The molecule has 1 heterocycles. The van der Waals surface area contributed by atoms with E-state index >= 15 is 0 Å². The largest absolute Gasteiger partial charge is 0.495 e. The number of carbonyl (C=O) groups excluding carboxylic acids is 1. The quantitative estimate of drug-likeness (QED) is 0.816. The molecule has 1 aromatic carbocycles. The first kappa shape index (κ1) is 12.8. The molecule has 2 rings (SSSR count). The third-order valence-electron chi connectivity index (χ3n) is 2.72. The number of carbonyl (C=O) groups is 1. The maximum Gasteiger partial charge on any atom is 0.195 e. The first-order chi connectivity index (χ1) is 8.63. The van der Waals surface area contributed by atoms with E-state index < -0.39 is 0 Å². The number of pyridine rings is 1. The van der Waals surface area contributed by atoms with Crippen LogP contribution in [0, 0.1) is 6.92 Å². The van der Waals surface area contributed by atoms with Gasteiger partial charge in [-0.15, -0.1) is 0 Å². The summed E-state index contributed by atoms with van der Waals surface area (Å²) in [5.41, 5.74) is 2.11. The lowest BCUT2D eigenvalue weighted by molar-refractivity contribution is 0.103. The minimum absolute atomic E-state index is 0.0554. The van der Waals surface area contributed by atoms with Crippen molar-refractivity contribution in [2.75, 3.05) is 7.11 Å². The molecule has 0 aliphatic rings. The highest BCUT2D eigenvalue weighted by atomic mass is 79.9. The molecule has 2 aromatic rings. The van der Waals surface area contributed by atoms with Gasteiger partial charge in [-0.25, -0.2) is 0 Å². The van der Waals surface area contributed by atoms with Gasteiger partial charge in [0.15, 0.2) is 5.78 Å². The highest BCUT2D eigenvalue weighted by Crippen LogP contribution is 2.22. The fourth-order valence-corrected chi connectivity index (χ4v) is 2.03. The zero-order valence-corrected chi connectivity index (χ0v) is 11.7. The monoisotopic (exact) mass is 305 g/mol. The molecule has 3 nitrogen and oxygen atoms in total. The number of ether oxygens (including phenoxy) is 1. The summed E-state index contributed by atoms with van der Waals surface area (Å²) in [5.74, 6) is 0.522. The van der Waals surface area contributed by atoms with Gasteiger partial charge >= 0.3 is 0 Å². The summed E-state index contributed by atoms with van der Waals surface area (Å²) in [7, 11) is 1.55. The Morgan fingerprint density at radius 2 is 2.11 bits per heavy atom. The third-order valence-corrected chi connectivity index (χ3v) is 3.58. The SMILES string of the molecule is COc1cncc(C(=O)c2cccc(Br)c2C)c1. The summed E-state index contributed by atoms with van der Waals surface area (Å²) in [6.45, 7) is 1.91. The smallest absolute Gasteiger partial charge is 0.195 e. The molecular formula is C14H12BrNO2. The lowest BCUT2D eigenvalue weighted by Gasteiger charge is -2.07. The van der Waals surface area contributed by atoms with Crippen LogP contribution in [0.2, 0.25) is 0 Å². The molecule has 0 fully saturated rings. The Labute approximate surface area is 114 Å². The molecule has 0 N–H and O–H groups in total. The van der Waals surface area contributed by atoms with Gasteiger partial charge in [0.1, 0.15) is 5.75 Å². The minimum atomic E-state index is -0.0554. The molecule has 0 atom stereocenters. The molecule has 0 aliphatic carbocycles. The third kappa shape index (κ3) is 2.43. The molecule has 18 heavy (non-hydrogen) atoms. The van der Waals surface area contributed by atoms with E-state index in [1.54, 1.807) is 25.6 Å². The van der Waals surface area contributed by atoms with Crippen molar-refractivity contribution >= 4 is 21.7 Å². The number of rotatable bonds is 3. The Kier molecular flexibility index (Phi) is 3.77. The molecular weight excluding hydrogens is 294 g/mol. The van der Waals surface area contributed by atoms with Gasteiger partial charge in [-0.05, 0) is 24.6 Å². The van der Waals surface area contributed by atoms with Crippen LogP contribution >= 0.6 is 15.9 Å². The van der Waals surface area contributed by atoms with Crippen molar-refractivity contribution in [3.8, 4) is 5.75 Å². The molecule has 0 saturated heterocycles. The topological polar surface area (TPSA) is 39.2 Å². The lowest BCUT2D eigenvalue weighted by Crippen LogP contribution is -2.05. The summed E-state index contributed by atoms with van der Waals surface area (Å²) < 4.78 is 5.99. The van der Waals surface area contributed by atoms with Crippen molar-refractivity contribution in [3.63, 3.8) is 0 Å².